The minimum absolute atomic E-state index is 0.237. The van der Waals surface area contributed by atoms with Gasteiger partial charge in [0.25, 0.3) is 12.3 Å². The fraction of sp³-hybridized carbons (Fsp3) is 0.571. The zero-order chi connectivity index (χ0) is 14.7. The van der Waals surface area contributed by atoms with Crippen molar-refractivity contribution in [2.75, 3.05) is 0 Å². The predicted molar refractivity (Wildman–Crippen MR) is 77.0 cm³/mol. The van der Waals surface area contributed by atoms with Crippen LogP contribution < -0.4 is 0 Å². The molecule has 2 atom stereocenters. The summed E-state index contributed by atoms with van der Waals surface area (Å²) < 4.78 is 9.70. The molecule has 0 saturated heterocycles. The molecule has 0 aromatic carbocycles. The van der Waals surface area contributed by atoms with E-state index in [-0.39, 0.29) is 11.8 Å². The van der Waals surface area contributed by atoms with Crippen LogP contribution in [0.5, 0.6) is 0 Å². The smallest absolute Gasteiger partial charge is 0.324 e. The zero-order valence-electron chi connectivity index (χ0n) is 11.6. The Morgan fingerprint density at radius 2 is 1.37 bits per heavy atom. The lowest BCUT2D eigenvalue weighted by Gasteiger charge is -2.12. The molecular weight excluding hydrogens is 264 g/mol. The Labute approximate surface area is 119 Å². The molecule has 19 heavy (non-hydrogen) atoms. The molecule has 5 heteroatoms. The van der Waals surface area contributed by atoms with Crippen LogP contribution in [0.1, 0.15) is 39.5 Å². The van der Waals surface area contributed by atoms with E-state index >= 15 is 0 Å². The fourth-order valence-corrected chi connectivity index (χ4v) is 1.92. The third-order valence-corrected chi connectivity index (χ3v) is 3.25. The molecule has 0 heterocycles. The second-order valence-electron chi connectivity index (χ2n) is 4.13. The molecule has 0 aliphatic rings. The topological polar surface area (TPSA) is 52.6 Å². The van der Waals surface area contributed by atoms with Crippen LogP contribution in [0.4, 0.5) is 0 Å². The van der Waals surface area contributed by atoms with Gasteiger partial charge in [0.05, 0.1) is 11.8 Å². The van der Waals surface area contributed by atoms with Crippen molar-refractivity contribution in [1.82, 2.24) is 0 Å². The highest BCUT2D eigenvalue weighted by atomic mass is 32.2. The van der Waals surface area contributed by atoms with Crippen LogP contribution in [0.15, 0.2) is 25.3 Å². The summed E-state index contributed by atoms with van der Waals surface area (Å²) in [5, 5.41) is 0. The van der Waals surface area contributed by atoms with Crippen molar-refractivity contribution in [3.8, 4) is 0 Å². The first-order valence-electron chi connectivity index (χ1n) is 6.41. The summed E-state index contributed by atoms with van der Waals surface area (Å²) in [4.78, 5) is 23.2. The van der Waals surface area contributed by atoms with Gasteiger partial charge in [0.15, 0.2) is 0 Å². The van der Waals surface area contributed by atoms with Gasteiger partial charge in [-0.05, 0) is 25.7 Å². The standard InChI is InChI=1S/C14H22O4S/c1-5-9-11(7-3)13(15)17-19-18-14(16)12(8-4)10-6-2/h5-6,11-12H,1-2,7-10H2,3-4H3. The highest BCUT2D eigenvalue weighted by Crippen LogP contribution is 2.19. The molecule has 2 unspecified atom stereocenters. The number of allylic oxidation sites excluding steroid dienone is 2. The Hall–Kier alpha value is -1.23. The van der Waals surface area contributed by atoms with E-state index in [1.165, 1.54) is 0 Å². The van der Waals surface area contributed by atoms with Crippen LogP contribution in [0.25, 0.3) is 0 Å². The number of carbonyl (C=O) groups is 2. The fourth-order valence-electron chi connectivity index (χ4n) is 1.48. The maximum atomic E-state index is 11.6. The van der Waals surface area contributed by atoms with Gasteiger partial charge in [-0.1, -0.05) is 26.0 Å². The molecule has 0 aliphatic carbocycles. The monoisotopic (exact) mass is 286 g/mol. The van der Waals surface area contributed by atoms with Crippen molar-refractivity contribution in [2.24, 2.45) is 11.8 Å². The molecule has 0 spiro atoms. The van der Waals surface area contributed by atoms with Gasteiger partial charge in [0.2, 0.25) is 0 Å². The highest BCUT2D eigenvalue weighted by molar-refractivity contribution is 7.90. The lowest BCUT2D eigenvalue weighted by molar-refractivity contribution is -0.140. The quantitative estimate of drug-likeness (QED) is 0.451. The molecule has 0 rings (SSSR count). The summed E-state index contributed by atoms with van der Waals surface area (Å²) in [7, 11) is 0. The number of rotatable bonds is 10. The Morgan fingerprint density at radius 1 is 1.00 bits per heavy atom. The van der Waals surface area contributed by atoms with E-state index in [0.717, 1.165) is 0 Å². The zero-order valence-corrected chi connectivity index (χ0v) is 12.4. The van der Waals surface area contributed by atoms with E-state index in [1.54, 1.807) is 12.2 Å². The first-order valence-corrected chi connectivity index (χ1v) is 7.07. The van der Waals surface area contributed by atoms with Gasteiger partial charge in [-0.3, -0.25) is 9.59 Å². The van der Waals surface area contributed by atoms with Crippen LogP contribution in [0, 0.1) is 11.8 Å². The third-order valence-electron chi connectivity index (χ3n) is 2.79. The maximum Gasteiger partial charge on any atom is 0.324 e. The first kappa shape index (κ1) is 17.8. The van der Waals surface area contributed by atoms with Crippen LogP contribution in [-0.4, -0.2) is 11.9 Å². The Balaban J connectivity index is 4.07. The van der Waals surface area contributed by atoms with Crippen molar-refractivity contribution in [3.05, 3.63) is 25.3 Å². The normalized spacial score (nSPS) is 13.2. The number of hydrogen-bond donors (Lipinski definition) is 0. The first-order chi connectivity index (χ1) is 9.10. The summed E-state index contributed by atoms with van der Waals surface area (Å²) in [6, 6.07) is 0. The molecule has 0 radical (unpaired) electrons. The Bertz CT molecular complexity index is 285. The molecule has 0 amide bonds. The SMILES string of the molecule is C=CCC(CC)C(=O)OSOC(=O)C(CC)CC=C. The second kappa shape index (κ2) is 10.7. The van der Waals surface area contributed by atoms with Crippen LogP contribution in [0.2, 0.25) is 0 Å². The maximum absolute atomic E-state index is 11.6. The summed E-state index contributed by atoms with van der Waals surface area (Å²) in [6.45, 7) is 11.0. The summed E-state index contributed by atoms with van der Waals surface area (Å²) in [5.74, 6) is -1.26. The molecule has 4 nitrogen and oxygen atoms in total. The van der Waals surface area contributed by atoms with E-state index < -0.39 is 11.9 Å². The summed E-state index contributed by atoms with van der Waals surface area (Å²) in [5.41, 5.74) is 0. The molecule has 0 N–H and O–H groups in total. The largest absolute Gasteiger partial charge is 0.354 e. The Morgan fingerprint density at radius 3 is 1.63 bits per heavy atom. The van der Waals surface area contributed by atoms with E-state index in [4.69, 9.17) is 8.37 Å². The van der Waals surface area contributed by atoms with Gasteiger partial charge in [0, 0.05) is 0 Å². The summed E-state index contributed by atoms with van der Waals surface area (Å²) in [6.07, 6.45) is 5.77. The highest BCUT2D eigenvalue weighted by Gasteiger charge is 2.21. The van der Waals surface area contributed by atoms with Gasteiger partial charge in [-0.15, -0.1) is 13.2 Å². The van der Waals surface area contributed by atoms with Gasteiger partial charge in [-0.25, -0.2) is 0 Å². The molecule has 0 bridgehead atoms. The van der Waals surface area contributed by atoms with Crippen molar-refractivity contribution in [1.29, 1.82) is 0 Å². The molecule has 0 fully saturated rings. The average Bonchev–Trinajstić information content (AvgIpc) is 2.41. The van der Waals surface area contributed by atoms with E-state index in [1.807, 2.05) is 13.8 Å². The number of carbonyl (C=O) groups excluding carboxylic acids is 2. The number of hydrogen-bond acceptors (Lipinski definition) is 5. The third kappa shape index (κ3) is 7.06. The van der Waals surface area contributed by atoms with E-state index in [2.05, 4.69) is 13.2 Å². The van der Waals surface area contributed by atoms with Crippen molar-refractivity contribution < 1.29 is 18.0 Å². The molecular formula is C14H22O4S. The summed E-state index contributed by atoms with van der Waals surface area (Å²) >= 11 is 0.441. The van der Waals surface area contributed by atoms with Crippen LogP contribution in [-0.2, 0) is 18.0 Å². The average molecular weight is 286 g/mol. The molecule has 0 aliphatic heterocycles. The van der Waals surface area contributed by atoms with Crippen molar-refractivity contribution in [3.63, 3.8) is 0 Å². The van der Waals surface area contributed by atoms with Gasteiger partial charge >= 0.3 is 11.9 Å². The minimum atomic E-state index is -0.392. The molecule has 108 valence electrons. The van der Waals surface area contributed by atoms with Gasteiger partial charge < -0.3 is 8.37 Å². The second-order valence-corrected chi connectivity index (χ2v) is 4.60. The van der Waals surface area contributed by atoms with Gasteiger partial charge in [-0.2, -0.15) is 0 Å². The van der Waals surface area contributed by atoms with E-state index in [9.17, 15) is 9.59 Å². The predicted octanol–water partition coefficient (Wildman–Crippen LogP) is 3.84. The van der Waals surface area contributed by atoms with Crippen LogP contribution >= 0.6 is 12.3 Å². The van der Waals surface area contributed by atoms with Crippen LogP contribution in [0.3, 0.4) is 0 Å². The lowest BCUT2D eigenvalue weighted by atomic mass is 10.0. The van der Waals surface area contributed by atoms with E-state index in [0.29, 0.717) is 38.0 Å². The lowest BCUT2D eigenvalue weighted by Crippen LogP contribution is -2.16. The Kier molecular flexibility index (Phi) is 9.98. The molecule has 0 aromatic rings. The van der Waals surface area contributed by atoms with Crippen molar-refractivity contribution in [2.45, 2.75) is 39.5 Å². The minimum Gasteiger partial charge on any atom is -0.354 e. The van der Waals surface area contributed by atoms with Crippen molar-refractivity contribution >= 4 is 24.3 Å². The molecule has 0 saturated carbocycles. The molecule has 0 aromatic heterocycles. The van der Waals surface area contributed by atoms with Gasteiger partial charge in [0.1, 0.15) is 0 Å².